The van der Waals surface area contributed by atoms with Gasteiger partial charge >= 0.3 is 0 Å². The molecule has 0 aliphatic heterocycles. The van der Waals surface area contributed by atoms with Crippen LogP contribution in [-0.4, -0.2) is 60.9 Å². The van der Waals surface area contributed by atoms with Crippen molar-refractivity contribution in [2.24, 2.45) is 17.2 Å². The fourth-order valence-electron chi connectivity index (χ4n) is 4.27. The Morgan fingerprint density at radius 3 is 2.26 bits per heavy atom. The molecule has 3 rings (SSSR count). The van der Waals surface area contributed by atoms with Gasteiger partial charge in [0.25, 0.3) is 0 Å². The van der Waals surface area contributed by atoms with Gasteiger partial charge in [-0.25, -0.2) is 0 Å². The summed E-state index contributed by atoms with van der Waals surface area (Å²) in [4.78, 5) is 40.8. The third-order valence-electron chi connectivity index (χ3n) is 6.58. The average Bonchev–Trinajstić information content (AvgIpc) is 2.98. The van der Waals surface area contributed by atoms with Gasteiger partial charge < -0.3 is 37.5 Å². The molecular formula is C31H39ClN6O4. The number of ether oxygens (including phenoxy) is 1. The molecule has 0 bridgehead atoms. The lowest BCUT2D eigenvalue weighted by Gasteiger charge is -2.24. The molecule has 0 aliphatic carbocycles. The van der Waals surface area contributed by atoms with Crippen LogP contribution in [0, 0.1) is 6.92 Å². The minimum Gasteiger partial charge on any atom is -0.455 e. The highest BCUT2D eigenvalue weighted by Gasteiger charge is 2.27. The monoisotopic (exact) mass is 594 g/mol. The van der Waals surface area contributed by atoms with Crippen molar-refractivity contribution in [3.8, 4) is 11.5 Å². The molecule has 42 heavy (non-hydrogen) atoms. The Balaban J connectivity index is 1.75. The second-order valence-corrected chi connectivity index (χ2v) is 10.3. The molecule has 8 N–H and O–H groups in total. The first kappa shape index (κ1) is 32.6. The van der Waals surface area contributed by atoms with Crippen LogP contribution in [0.15, 0.2) is 72.8 Å². The van der Waals surface area contributed by atoms with E-state index in [1.165, 1.54) is 4.90 Å². The SMILES string of the molecule is Cc1cc(Oc2ccccc2NC(=O)[C@H](CCc2ccccc2)NC(=O)[C@@H](N)CC(=O)N(CCN)CCN)ccc1Cl. The van der Waals surface area contributed by atoms with E-state index in [4.69, 9.17) is 33.5 Å². The van der Waals surface area contributed by atoms with Crippen LogP contribution < -0.4 is 32.6 Å². The summed E-state index contributed by atoms with van der Waals surface area (Å²) in [5.41, 5.74) is 19.6. The molecule has 2 atom stereocenters. The molecule has 11 heteroatoms. The number of benzene rings is 3. The summed E-state index contributed by atoms with van der Waals surface area (Å²) in [5.74, 6) is -0.418. The van der Waals surface area contributed by atoms with Crippen molar-refractivity contribution < 1.29 is 19.1 Å². The van der Waals surface area contributed by atoms with Crippen LogP contribution >= 0.6 is 11.6 Å². The Morgan fingerprint density at radius 2 is 1.60 bits per heavy atom. The van der Waals surface area contributed by atoms with Gasteiger partial charge in [0.2, 0.25) is 17.7 Å². The summed E-state index contributed by atoms with van der Waals surface area (Å²) < 4.78 is 6.04. The quantitative estimate of drug-likeness (QED) is 0.180. The van der Waals surface area contributed by atoms with Crippen molar-refractivity contribution in [2.75, 3.05) is 31.5 Å². The molecule has 3 aromatic carbocycles. The number of carbonyl (C=O) groups excluding carboxylic acids is 3. The molecule has 0 spiro atoms. The highest BCUT2D eigenvalue weighted by atomic mass is 35.5. The van der Waals surface area contributed by atoms with Crippen molar-refractivity contribution in [3.05, 3.63) is 88.9 Å². The molecule has 10 nitrogen and oxygen atoms in total. The van der Waals surface area contributed by atoms with Crippen LogP contribution in [0.2, 0.25) is 5.02 Å². The molecule has 0 aromatic heterocycles. The van der Waals surface area contributed by atoms with E-state index in [9.17, 15) is 14.4 Å². The summed E-state index contributed by atoms with van der Waals surface area (Å²) in [5, 5.41) is 6.25. The van der Waals surface area contributed by atoms with Crippen molar-refractivity contribution in [1.82, 2.24) is 10.2 Å². The molecule has 0 aliphatic rings. The Kier molecular flexibility index (Phi) is 12.8. The van der Waals surface area contributed by atoms with Crippen LogP contribution in [0.5, 0.6) is 11.5 Å². The topological polar surface area (TPSA) is 166 Å². The highest BCUT2D eigenvalue weighted by molar-refractivity contribution is 6.31. The third-order valence-corrected chi connectivity index (χ3v) is 7.01. The number of halogens is 1. The first-order valence-corrected chi connectivity index (χ1v) is 14.2. The van der Waals surface area contributed by atoms with Crippen LogP contribution in [0.25, 0.3) is 0 Å². The van der Waals surface area contributed by atoms with Gasteiger partial charge in [0.1, 0.15) is 11.8 Å². The molecule has 0 fully saturated rings. The summed E-state index contributed by atoms with van der Waals surface area (Å²) in [6.07, 6.45) is 0.584. The minimum absolute atomic E-state index is 0.240. The summed E-state index contributed by atoms with van der Waals surface area (Å²) >= 11 is 6.14. The molecule has 3 amide bonds. The van der Waals surface area contributed by atoms with Gasteiger partial charge in [-0.2, -0.15) is 0 Å². The number of nitrogens with zero attached hydrogens (tertiary/aromatic N) is 1. The van der Waals surface area contributed by atoms with Crippen molar-refractivity contribution in [3.63, 3.8) is 0 Å². The van der Waals surface area contributed by atoms with Crippen LogP contribution in [-0.2, 0) is 20.8 Å². The van der Waals surface area contributed by atoms with E-state index in [1.54, 1.807) is 42.5 Å². The zero-order valence-electron chi connectivity index (χ0n) is 23.7. The number of rotatable bonds is 15. The van der Waals surface area contributed by atoms with Crippen LogP contribution in [0.1, 0.15) is 24.0 Å². The Bertz CT molecular complexity index is 1330. The van der Waals surface area contributed by atoms with Gasteiger partial charge in [-0.15, -0.1) is 0 Å². The predicted molar refractivity (Wildman–Crippen MR) is 165 cm³/mol. The number of anilines is 1. The van der Waals surface area contributed by atoms with Gasteiger partial charge in [0.05, 0.1) is 18.2 Å². The summed E-state index contributed by atoms with van der Waals surface area (Å²) in [6, 6.07) is 19.8. The lowest BCUT2D eigenvalue weighted by molar-refractivity contribution is -0.134. The molecule has 0 unspecified atom stereocenters. The van der Waals surface area contributed by atoms with Gasteiger partial charge in [-0.1, -0.05) is 54.1 Å². The zero-order valence-corrected chi connectivity index (χ0v) is 24.5. The highest BCUT2D eigenvalue weighted by Crippen LogP contribution is 2.31. The van der Waals surface area contributed by atoms with Crippen molar-refractivity contribution in [1.29, 1.82) is 0 Å². The van der Waals surface area contributed by atoms with Crippen molar-refractivity contribution in [2.45, 2.75) is 38.3 Å². The normalized spacial score (nSPS) is 12.2. The van der Waals surface area contributed by atoms with E-state index in [1.807, 2.05) is 37.3 Å². The number of nitrogens with two attached hydrogens (primary N) is 3. The first-order chi connectivity index (χ1) is 20.2. The number of amides is 3. The maximum absolute atomic E-state index is 13.6. The average molecular weight is 595 g/mol. The Labute approximate surface area is 251 Å². The number of para-hydroxylation sites is 2. The van der Waals surface area contributed by atoms with E-state index < -0.39 is 23.9 Å². The number of nitrogens with one attached hydrogen (secondary N) is 2. The fraction of sp³-hybridized carbons (Fsp3) is 0.323. The van der Waals surface area contributed by atoms with Gasteiger partial charge in [-0.05, 0) is 61.2 Å². The minimum atomic E-state index is -1.16. The smallest absolute Gasteiger partial charge is 0.247 e. The second-order valence-electron chi connectivity index (χ2n) is 9.85. The molecule has 0 saturated heterocycles. The number of aryl methyl sites for hydroxylation is 2. The predicted octanol–water partition coefficient (Wildman–Crippen LogP) is 2.96. The molecule has 0 radical (unpaired) electrons. The molecule has 0 heterocycles. The van der Waals surface area contributed by atoms with E-state index in [0.29, 0.717) is 48.1 Å². The van der Waals surface area contributed by atoms with Crippen LogP contribution in [0.4, 0.5) is 5.69 Å². The van der Waals surface area contributed by atoms with Crippen LogP contribution in [0.3, 0.4) is 0 Å². The van der Waals surface area contributed by atoms with Gasteiger partial charge in [0.15, 0.2) is 5.75 Å². The summed E-state index contributed by atoms with van der Waals surface area (Å²) in [7, 11) is 0. The molecule has 0 saturated carbocycles. The molecule has 3 aromatic rings. The standard InChI is InChI=1S/C31H39ClN6O4/c1-21-19-23(12-13-24(21)32)42-28-10-6-5-9-26(28)36-31(41)27(14-11-22-7-3-2-4-8-22)37-30(40)25(35)20-29(39)38(17-15-33)18-16-34/h2-10,12-13,19,25,27H,11,14-18,20,33-35H2,1H3,(H,36,41)(H,37,40)/t25-,27-/m0/s1. The van der Waals surface area contributed by atoms with Gasteiger partial charge in [-0.3, -0.25) is 14.4 Å². The van der Waals surface area contributed by atoms with E-state index in [0.717, 1.165) is 11.1 Å². The number of carbonyl (C=O) groups is 3. The first-order valence-electron chi connectivity index (χ1n) is 13.8. The van der Waals surface area contributed by atoms with E-state index >= 15 is 0 Å². The number of hydrogen-bond donors (Lipinski definition) is 5. The molecule has 224 valence electrons. The van der Waals surface area contributed by atoms with Crippen molar-refractivity contribution >= 4 is 35.0 Å². The lowest BCUT2D eigenvalue weighted by atomic mass is 10.0. The maximum atomic E-state index is 13.6. The molecular weight excluding hydrogens is 556 g/mol. The second kappa shape index (κ2) is 16.5. The zero-order chi connectivity index (χ0) is 30.5. The fourth-order valence-corrected chi connectivity index (χ4v) is 4.39. The number of hydrogen-bond acceptors (Lipinski definition) is 7. The van der Waals surface area contributed by atoms with Gasteiger partial charge in [0, 0.05) is 31.2 Å². The largest absolute Gasteiger partial charge is 0.455 e. The van der Waals surface area contributed by atoms with E-state index in [-0.39, 0.29) is 25.4 Å². The third kappa shape index (κ3) is 9.85. The summed E-state index contributed by atoms with van der Waals surface area (Å²) in [6.45, 7) is 3.01. The maximum Gasteiger partial charge on any atom is 0.247 e. The van der Waals surface area contributed by atoms with E-state index in [2.05, 4.69) is 10.6 Å². The lowest BCUT2D eigenvalue weighted by Crippen LogP contribution is -2.52. The Hall–Kier alpha value is -3.96. The Morgan fingerprint density at radius 1 is 0.929 bits per heavy atom.